The Morgan fingerprint density at radius 1 is 1.33 bits per heavy atom. The second-order valence-electron chi connectivity index (χ2n) is 4.69. The topological polar surface area (TPSA) is 66.9 Å². The summed E-state index contributed by atoms with van der Waals surface area (Å²) < 4.78 is 0. The molecule has 0 saturated heterocycles. The lowest BCUT2D eigenvalue weighted by Gasteiger charge is -2.06. The summed E-state index contributed by atoms with van der Waals surface area (Å²) in [5, 5.41) is 5.71. The predicted molar refractivity (Wildman–Crippen MR) is 72.6 cm³/mol. The molecule has 0 saturated carbocycles. The van der Waals surface area contributed by atoms with Gasteiger partial charge in [0.25, 0.3) is 5.91 Å². The van der Waals surface area contributed by atoms with Crippen LogP contribution in [0.5, 0.6) is 0 Å². The van der Waals surface area contributed by atoms with E-state index in [4.69, 9.17) is 0 Å². The van der Waals surface area contributed by atoms with E-state index in [0.717, 1.165) is 18.8 Å². The Kier molecular flexibility index (Phi) is 6.11. The number of aromatic nitrogens is 2. The molecule has 2 N–H and O–H groups in total. The molecule has 0 bridgehead atoms. The van der Waals surface area contributed by atoms with E-state index in [0.29, 0.717) is 18.1 Å². The van der Waals surface area contributed by atoms with Crippen molar-refractivity contribution >= 4 is 11.7 Å². The summed E-state index contributed by atoms with van der Waals surface area (Å²) in [7, 11) is 1.75. The summed E-state index contributed by atoms with van der Waals surface area (Å²) in [4.78, 5) is 19.9. The Morgan fingerprint density at radius 2 is 2.11 bits per heavy atom. The molecule has 0 aliphatic rings. The molecule has 5 nitrogen and oxygen atoms in total. The maximum Gasteiger partial charge on any atom is 0.271 e. The lowest BCUT2D eigenvalue weighted by atomic mass is 10.1. The molecule has 0 radical (unpaired) electrons. The van der Waals surface area contributed by atoms with Crippen molar-refractivity contribution in [2.75, 3.05) is 18.9 Å². The molecule has 0 atom stereocenters. The maximum absolute atomic E-state index is 11.8. The van der Waals surface area contributed by atoms with Gasteiger partial charge in [-0.3, -0.25) is 9.78 Å². The van der Waals surface area contributed by atoms with Crippen LogP contribution in [0.1, 0.15) is 43.6 Å². The lowest BCUT2D eigenvalue weighted by Crippen LogP contribution is -2.25. The Bertz CT molecular complexity index is 379. The highest BCUT2D eigenvalue weighted by Gasteiger charge is 2.07. The third kappa shape index (κ3) is 5.12. The highest BCUT2D eigenvalue weighted by molar-refractivity contribution is 5.92. The fraction of sp³-hybridized carbons (Fsp3) is 0.615. The van der Waals surface area contributed by atoms with E-state index in [2.05, 4.69) is 34.4 Å². The van der Waals surface area contributed by atoms with Crippen molar-refractivity contribution in [1.29, 1.82) is 0 Å². The fourth-order valence-corrected chi connectivity index (χ4v) is 1.57. The Balaban J connectivity index is 2.31. The van der Waals surface area contributed by atoms with Crippen molar-refractivity contribution in [2.24, 2.45) is 5.92 Å². The minimum Gasteiger partial charge on any atom is -0.372 e. The molecule has 0 unspecified atom stereocenters. The van der Waals surface area contributed by atoms with Gasteiger partial charge in [0, 0.05) is 13.6 Å². The predicted octanol–water partition coefficient (Wildman–Crippen LogP) is 2.07. The van der Waals surface area contributed by atoms with Gasteiger partial charge in [-0.2, -0.15) is 0 Å². The van der Waals surface area contributed by atoms with Crippen LogP contribution in [-0.4, -0.2) is 29.5 Å². The maximum atomic E-state index is 11.8. The monoisotopic (exact) mass is 250 g/mol. The van der Waals surface area contributed by atoms with E-state index in [9.17, 15) is 4.79 Å². The summed E-state index contributed by atoms with van der Waals surface area (Å²) in [5.41, 5.74) is 0.353. The van der Waals surface area contributed by atoms with Crippen LogP contribution in [0.15, 0.2) is 12.4 Å². The number of carbonyl (C=O) groups is 1. The highest BCUT2D eigenvalue weighted by Crippen LogP contribution is 2.05. The first-order valence-electron chi connectivity index (χ1n) is 6.41. The van der Waals surface area contributed by atoms with Crippen LogP contribution in [0.2, 0.25) is 0 Å². The first-order chi connectivity index (χ1) is 8.63. The minimum atomic E-state index is -0.163. The number of carbonyl (C=O) groups excluding carboxylic acids is 1. The van der Waals surface area contributed by atoms with Crippen LogP contribution in [0.4, 0.5) is 5.82 Å². The average Bonchev–Trinajstić information content (AvgIpc) is 2.37. The van der Waals surface area contributed by atoms with Gasteiger partial charge in [-0.25, -0.2) is 4.98 Å². The molecule has 100 valence electrons. The summed E-state index contributed by atoms with van der Waals surface area (Å²) >= 11 is 0. The van der Waals surface area contributed by atoms with Crippen LogP contribution in [-0.2, 0) is 0 Å². The number of hydrogen-bond donors (Lipinski definition) is 2. The van der Waals surface area contributed by atoms with Crippen LogP contribution in [0, 0.1) is 5.92 Å². The van der Waals surface area contributed by atoms with E-state index < -0.39 is 0 Å². The average molecular weight is 250 g/mol. The number of amides is 1. The Hall–Kier alpha value is -1.65. The van der Waals surface area contributed by atoms with Gasteiger partial charge in [0.05, 0.1) is 12.4 Å². The Morgan fingerprint density at radius 3 is 2.78 bits per heavy atom. The van der Waals surface area contributed by atoms with Crippen molar-refractivity contribution < 1.29 is 4.79 Å². The number of unbranched alkanes of at least 4 members (excludes halogenated alkanes) is 1. The third-order valence-electron chi connectivity index (χ3n) is 2.62. The van der Waals surface area contributed by atoms with Crippen LogP contribution < -0.4 is 10.6 Å². The van der Waals surface area contributed by atoms with E-state index in [1.165, 1.54) is 12.6 Å². The van der Waals surface area contributed by atoms with Gasteiger partial charge in [0.2, 0.25) is 0 Å². The van der Waals surface area contributed by atoms with Gasteiger partial charge < -0.3 is 10.6 Å². The van der Waals surface area contributed by atoms with Crippen LogP contribution in [0.25, 0.3) is 0 Å². The van der Waals surface area contributed by atoms with Crippen molar-refractivity contribution in [3.63, 3.8) is 0 Å². The van der Waals surface area contributed by atoms with Gasteiger partial charge in [-0.15, -0.1) is 0 Å². The second-order valence-corrected chi connectivity index (χ2v) is 4.69. The molecular weight excluding hydrogens is 228 g/mol. The van der Waals surface area contributed by atoms with Gasteiger partial charge >= 0.3 is 0 Å². The van der Waals surface area contributed by atoms with E-state index in [1.54, 1.807) is 13.2 Å². The normalized spacial score (nSPS) is 10.4. The van der Waals surface area contributed by atoms with Crippen molar-refractivity contribution in [3.8, 4) is 0 Å². The highest BCUT2D eigenvalue weighted by atomic mass is 16.1. The molecule has 0 aromatic carbocycles. The Labute approximate surface area is 108 Å². The van der Waals surface area contributed by atoms with Crippen molar-refractivity contribution in [2.45, 2.75) is 33.1 Å². The number of nitrogens with zero attached hydrogens (tertiary/aromatic N) is 2. The van der Waals surface area contributed by atoms with Gasteiger partial charge in [0.15, 0.2) is 0 Å². The van der Waals surface area contributed by atoms with Crippen molar-refractivity contribution in [3.05, 3.63) is 18.1 Å². The summed E-state index contributed by atoms with van der Waals surface area (Å²) in [6.45, 7) is 5.10. The molecule has 5 heteroatoms. The summed E-state index contributed by atoms with van der Waals surface area (Å²) in [5.74, 6) is 1.16. The zero-order chi connectivity index (χ0) is 13.4. The van der Waals surface area contributed by atoms with Gasteiger partial charge in [0.1, 0.15) is 11.5 Å². The molecule has 0 fully saturated rings. The quantitative estimate of drug-likeness (QED) is 0.727. The number of anilines is 1. The van der Waals surface area contributed by atoms with Gasteiger partial charge in [-0.05, 0) is 12.3 Å². The molecule has 0 spiro atoms. The van der Waals surface area contributed by atoms with Crippen LogP contribution in [0.3, 0.4) is 0 Å². The number of nitrogens with one attached hydrogen (secondary N) is 2. The largest absolute Gasteiger partial charge is 0.372 e. The van der Waals surface area contributed by atoms with Gasteiger partial charge in [-0.1, -0.05) is 26.7 Å². The molecule has 1 rings (SSSR count). The van der Waals surface area contributed by atoms with E-state index in [1.807, 2.05) is 0 Å². The molecule has 0 aliphatic carbocycles. The SMILES string of the molecule is CNc1cncc(C(=O)NCCCCC(C)C)n1. The standard InChI is InChI=1S/C13H22N4O/c1-10(2)6-4-5-7-16-13(18)11-8-15-9-12(14-3)17-11/h8-10H,4-7H2,1-3H3,(H,14,17)(H,16,18). The molecule has 1 heterocycles. The smallest absolute Gasteiger partial charge is 0.271 e. The number of rotatable bonds is 7. The summed E-state index contributed by atoms with van der Waals surface area (Å²) in [6.07, 6.45) is 6.40. The molecule has 1 amide bonds. The van der Waals surface area contributed by atoms with E-state index >= 15 is 0 Å². The summed E-state index contributed by atoms with van der Waals surface area (Å²) in [6, 6.07) is 0. The molecule has 1 aromatic heterocycles. The molecule has 18 heavy (non-hydrogen) atoms. The second kappa shape index (κ2) is 7.63. The molecular formula is C13H22N4O. The molecule has 1 aromatic rings. The lowest BCUT2D eigenvalue weighted by molar-refractivity contribution is 0.0947. The zero-order valence-corrected chi connectivity index (χ0v) is 11.4. The zero-order valence-electron chi connectivity index (χ0n) is 11.4. The van der Waals surface area contributed by atoms with Crippen molar-refractivity contribution in [1.82, 2.24) is 15.3 Å². The van der Waals surface area contributed by atoms with Crippen LogP contribution >= 0.6 is 0 Å². The molecule has 0 aliphatic heterocycles. The first kappa shape index (κ1) is 14.4. The fourth-order valence-electron chi connectivity index (χ4n) is 1.57. The minimum absolute atomic E-state index is 0.163. The third-order valence-corrected chi connectivity index (χ3v) is 2.62. The first-order valence-corrected chi connectivity index (χ1v) is 6.41. The number of hydrogen-bond acceptors (Lipinski definition) is 4. The van der Waals surface area contributed by atoms with E-state index in [-0.39, 0.29) is 5.91 Å².